The van der Waals surface area contributed by atoms with Crippen LogP contribution >= 0.6 is 0 Å². The van der Waals surface area contributed by atoms with Crippen LogP contribution in [-0.4, -0.2) is 36.7 Å². The van der Waals surface area contributed by atoms with Gasteiger partial charge in [0, 0.05) is 11.1 Å². The highest BCUT2D eigenvalue weighted by Gasteiger charge is 2.29. The number of allylic oxidation sites excluding steroid dienone is 1. The molecule has 0 saturated heterocycles. The van der Waals surface area contributed by atoms with Gasteiger partial charge in [0.05, 0.1) is 14.2 Å². The van der Waals surface area contributed by atoms with Gasteiger partial charge in [0.25, 0.3) is 5.91 Å². The van der Waals surface area contributed by atoms with Crippen LogP contribution in [-0.2, 0) is 11.2 Å². The number of hydrogen-bond donors (Lipinski definition) is 2. The molecule has 22 heavy (non-hydrogen) atoms. The second-order valence-corrected chi connectivity index (χ2v) is 5.25. The van der Waals surface area contributed by atoms with Crippen LogP contribution in [0.2, 0.25) is 0 Å². The number of carboxylic acids is 1. The zero-order chi connectivity index (χ0) is 16.9. The summed E-state index contributed by atoms with van der Waals surface area (Å²) in [5.74, 6) is -0.692. The monoisotopic (exact) mass is 307 g/mol. The van der Waals surface area contributed by atoms with Crippen molar-refractivity contribution in [1.29, 1.82) is 0 Å². The molecule has 1 aromatic carbocycles. The second kappa shape index (κ2) is 6.98. The van der Waals surface area contributed by atoms with Gasteiger partial charge in [0.15, 0.2) is 11.5 Å². The molecule has 0 spiro atoms. The number of carbonyl (C=O) groups excluding carboxylic acids is 1. The largest absolute Gasteiger partial charge is 0.493 e. The van der Waals surface area contributed by atoms with E-state index >= 15 is 0 Å². The average Bonchev–Trinajstić information content (AvgIpc) is 2.45. The zero-order valence-corrected chi connectivity index (χ0v) is 13.2. The molecule has 0 saturated carbocycles. The third-order valence-electron chi connectivity index (χ3n) is 3.14. The number of carbonyl (C=O) groups is 2. The lowest BCUT2D eigenvalue weighted by atomic mass is 10.0. The molecule has 0 aliphatic rings. The maximum Gasteiger partial charge on any atom is 0.328 e. The smallest absolute Gasteiger partial charge is 0.328 e. The quantitative estimate of drug-likeness (QED) is 0.753. The zero-order valence-electron chi connectivity index (χ0n) is 13.2. The molecular formula is C16H21NO5. The summed E-state index contributed by atoms with van der Waals surface area (Å²) in [6.07, 6.45) is 2.17. The number of ether oxygens (including phenoxy) is 2. The summed E-state index contributed by atoms with van der Waals surface area (Å²) < 4.78 is 10.5. The number of hydrogen-bond acceptors (Lipinski definition) is 4. The van der Waals surface area contributed by atoms with Crippen LogP contribution in [0.15, 0.2) is 24.8 Å². The summed E-state index contributed by atoms with van der Waals surface area (Å²) in [4.78, 5) is 23.4. The van der Waals surface area contributed by atoms with Gasteiger partial charge in [-0.05, 0) is 32.4 Å². The van der Waals surface area contributed by atoms with Crippen molar-refractivity contribution in [3.8, 4) is 11.5 Å². The summed E-state index contributed by atoms with van der Waals surface area (Å²) >= 11 is 0. The maximum atomic E-state index is 12.3. The second-order valence-electron chi connectivity index (χ2n) is 5.25. The number of methoxy groups -OCH3 is 2. The highest BCUT2D eigenvalue weighted by Crippen LogP contribution is 2.33. The fourth-order valence-corrected chi connectivity index (χ4v) is 1.89. The van der Waals surface area contributed by atoms with Crippen molar-refractivity contribution < 1.29 is 24.2 Å². The van der Waals surface area contributed by atoms with Gasteiger partial charge < -0.3 is 19.9 Å². The number of benzene rings is 1. The fourth-order valence-electron chi connectivity index (χ4n) is 1.89. The normalized spacial score (nSPS) is 10.7. The minimum Gasteiger partial charge on any atom is -0.493 e. The summed E-state index contributed by atoms with van der Waals surface area (Å²) in [6.45, 7) is 6.50. The number of nitrogens with one attached hydrogen (secondary N) is 1. The van der Waals surface area contributed by atoms with E-state index in [4.69, 9.17) is 14.6 Å². The Morgan fingerprint density at radius 2 is 1.95 bits per heavy atom. The Morgan fingerprint density at radius 1 is 1.32 bits per heavy atom. The molecule has 1 amide bonds. The Kier molecular flexibility index (Phi) is 5.56. The van der Waals surface area contributed by atoms with E-state index in [0.29, 0.717) is 23.5 Å². The first-order chi connectivity index (χ1) is 10.3. The molecule has 2 N–H and O–H groups in total. The van der Waals surface area contributed by atoms with E-state index < -0.39 is 17.4 Å². The van der Waals surface area contributed by atoms with E-state index in [-0.39, 0.29) is 0 Å². The van der Waals surface area contributed by atoms with Gasteiger partial charge in [-0.15, -0.1) is 6.58 Å². The molecule has 6 heteroatoms. The maximum absolute atomic E-state index is 12.3. The summed E-state index contributed by atoms with van der Waals surface area (Å²) in [5, 5.41) is 11.6. The third kappa shape index (κ3) is 3.78. The molecule has 0 radical (unpaired) electrons. The summed E-state index contributed by atoms with van der Waals surface area (Å²) in [6, 6.07) is 3.15. The Balaban J connectivity index is 3.24. The SMILES string of the molecule is C=CCc1cc(C(=O)NC(C)(C)C(=O)O)cc(OC)c1OC. The minimum atomic E-state index is -1.37. The molecular weight excluding hydrogens is 286 g/mol. The number of carboxylic acid groups (broad SMARTS) is 1. The van der Waals surface area contributed by atoms with Crippen molar-refractivity contribution in [2.45, 2.75) is 25.8 Å². The van der Waals surface area contributed by atoms with E-state index in [2.05, 4.69) is 11.9 Å². The molecule has 1 rings (SSSR count). The Hall–Kier alpha value is -2.50. The van der Waals surface area contributed by atoms with Crippen molar-refractivity contribution in [1.82, 2.24) is 5.32 Å². The van der Waals surface area contributed by atoms with Gasteiger partial charge >= 0.3 is 5.97 Å². The molecule has 0 aliphatic carbocycles. The molecule has 1 aromatic rings. The minimum absolute atomic E-state index is 0.295. The average molecular weight is 307 g/mol. The van der Waals surface area contributed by atoms with Crippen LogP contribution in [0, 0.1) is 0 Å². The highest BCUT2D eigenvalue weighted by molar-refractivity contribution is 5.98. The first-order valence-corrected chi connectivity index (χ1v) is 6.68. The number of rotatable bonds is 7. The van der Waals surface area contributed by atoms with Crippen molar-refractivity contribution in [2.75, 3.05) is 14.2 Å². The summed E-state index contributed by atoms with van der Waals surface area (Å²) in [7, 11) is 2.98. The van der Waals surface area contributed by atoms with Crippen molar-refractivity contribution >= 4 is 11.9 Å². The van der Waals surface area contributed by atoms with E-state index in [9.17, 15) is 9.59 Å². The predicted octanol–water partition coefficient (Wildman–Crippen LogP) is 2.03. The molecule has 0 fully saturated rings. The standard InChI is InChI=1S/C16H21NO5/c1-6-7-10-8-11(9-12(21-4)13(10)22-5)14(18)17-16(2,3)15(19)20/h6,8-9H,1,7H2,2-5H3,(H,17,18)(H,19,20). The third-order valence-corrected chi connectivity index (χ3v) is 3.14. The van der Waals surface area contributed by atoms with Crippen LogP contribution in [0.4, 0.5) is 0 Å². The van der Waals surface area contributed by atoms with Gasteiger partial charge in [-0.3, -0.25) is 4.79 Å². The van der Waals surface area contributed by atoms with Crippen molar-refractivity contribution in [3.63, 3.8) is 0 Å². The van der Waals surface area contributed by atoms with Gasteiger partial charge in [-0.2, -0.15) is 0 Å². The van der Waals surface area contributed by atoms with Crippen LogP contribution in [0.3, 0.4) is 0 Å². The fraction of sp³-hybridized carbons (Fsp3) is 0.375. The predicted molar refractivity (Wildman–Crippen MR) is 82.6 cm³/mol. The van der Waals surface area contributed by atoms with Crippen molar-refractivity contribution in [2.24, 2.45) is 0 Å². The van der Waals surface area contributed by atoms with Gasteiger partial charge in [0.2, 0.25) is 0 Å². The number of amides is 1. The van der Waals surface area contributed by atoms with E-state index in [1.807, 2.05) is 0 Å². The molecule has 0 heterocycles. The molecule has 120 valence electrons. The Bertz CT molecular complexity index is 592. The van der Waals surface area contributed by atoms with Gasteiger partial charge in [0.1, 0.15) is 5.54 Å². The van der Waals surface area contributed by atoms with Gasteiger partial charge in [-0.25, -0.2) is 4.79 Å². The van der Waals surface area contributed by atoms with Crippen LogP contribution in [0.1, 0.15) is 29.8 Å². The number of aliphatic carboxylic acids is 1. The van der Waals surface area contributed by atoms with Crippen LogP contribution in [0.25, 0.3) is 0 Å². The lowest BCUT2D eigenvalue weighted by molar-refractivity contribution is -0.143. The first-order valence-electron chi connectivity index (χ1n) is 6.68. The van der Waals surface area contributed by atoms with Gasteiger partial charge in [-0.1, -0.05) is 6.08 Å². The van der Waals surface area contributed by atoms with Crippen LogP contribution in [0.5, 0.6) is 11.5 Å². The van der Waals surface area contributed by atoms with Crippen LogP contribution < -0.4 is 14.8 Å². The summed E-state index contributed by atoms with van der Waals surface area (Å²) in [5.41, 5.74) is -0.345. The lowest BCUT2D eigenvalue weighted by Crippen LogP contribution is -2.49. The van der Waals surface area contributed by atoms with E-state index in [1.54, 1.807) is 12.1 Å². The lowest BCUT2D eigenvalue weighted by Gasteiger charge is -2.22. The van der Waals surface area contributed by atoms with E-state index in [1.165, 1.54) is 34.1 Å². The molecule has 0 aromatic heterocycles. The first kappa shape index (κ1) is 17.6. The highest BCUT2D eigenvalue weighted by atomic mass is 16.5. The van der Waals surface area contributed by atoms with E-state index in [0.717, 1.165) is 5.56 Å². The molecule has 0 atom stereocenters. The molecule has 0 aliphatic heterocycles. The Labute approximate surface area is 129 Å². The topological polar surface area (TPSA) is 84.9 Å². The molecule has 0 unspecified atom stereocenters. The Morgan fingerprint density at radius 3 is 2.41 bits per heavy atom. The van der Waals surface area contributed by atoms with Crippen molar-refractivity contribution in [3.05, 3.63) is 35.9 Å². The molecule has 6 nitrogen and oxygen atoms in total. The molecule has 0 bridgehead atoms.